The molecule has 0 aliphatic carbocycles. The Morgan fingerprint density at radius 1 is 1.56 bits per heavy atom. The predicted octanol–water partition coefficient (Wildman–Crippen LogP) is 1.73. The van der Waals surface area contributed by atoms with Gasteiger partial charge in [0.1, 0.15) is 11.3 Å². The second-order valence-electron chi connectivity index (χ2n) is 3.10. The Bertz CT molecular complexity index is 513. The highest BCUT2D eigenvalue weighted by molar-refractivity contribution is 6.31. The number of alkyl halides is 3. The van der Waals surface area contributed by atoms with Crippen molar-refractivity contribution >= 4 is 17.5 Å². The lowest BCUT2D eigenvalue weighted by Crippen LogP contribution is -2.31. The van der Waals surface area contributed by atoms with Gasteiger partial charge in [-0.25, -0.2) is 5.48 Å². The molecule has 9 heteroatoms. The summed E-state index contributed by atoms with van der Waals surface area (Å²) < 4.78 is 37.2. The van der Waals surface area contributed by atoms with E-state index < -0.39 is 33.9 Å². The first-order valence-corrected chi connectivity index (χ1v) is 5.07. The predicted molar refractivity (Wildman–Crippen MR) is 56.2 cm³/mol. The van der Waals surface area contributed by atoms with E-state index in [4.69, 9.17) is 11.6 Å². The van der Waals surface area contributed by atoms with E-state index in [1.165, 1.54) is 4.98 Å². The van der Waals surface area contributed by atoms with E-state index in [9.17, 15) is 22.8 Å². The molecule has 0 saturated heterocycles. The smallest absolute Gasteiger partial charge is 0.316 e. The van der Waals surface area contributed by atoms with Crippen molar-refractivity contribution in [3.8, 4) is 0 Å². The van der Waals surface area contributed by atoms with Crippen LogP contribution in [0.1, 0.15) is 23.0 Å². The number of aromatic amines is 1. The van der Waals surface area contributed by atoms with Gasteiger partial charge in [-0.05, 0) is 13.0 Å². The minimum Gasteiger partial charge on any atom is -0.316 e. The number of aromatic nitrogens is 1. The van der Waals surface area contributed by atoms with Gasteiger partial charge in [-0.15, -0.1) is 0 Å². The molecule has 1 aromatic heterocycles. The topological polar surface area (TPSA) is 71.2 Å². The molecule has 0 aliphatic rings. The fraction of sp³-hybridized carbons (Fsp3) is 0.333. The van der Waals surface area contributed by atoms with E-state index >= 15 is 0 Å². The van der Waals surface area contributed by atoms with Crippen LogP contribution in [-0.4, -0.2) is 17.5 Å². The van der Waals surface area contributed by atoms with Crippen molar-refractivity contribution < 1.29 is 22.8 Å². The first kappa shape index (κ1) is 14.5. The number of halogens is 4. The number of hydrogen-bond donors (Lipinski definition) is 2. The minimum atomic E-state index is -4.80. The fourth-order valence-corrected chi connectivity index (χ4v) is 1.34. The second kappa shape index (κ2) is 5.40. The van der Waals surface area contributed by atoms with E-state index in [2.05, 4.69) is 4.84 Å². The van der Waals surface area contributed by atoms with Gasteiger partial charge < -0.3 is 4.98 Å². The van der Waals surface area contributed by atoms with Crippen molar-refractivity contribution in [3.63, 3.8) is 0 Å². The van der Waals surface area contributed by atoms with Crippen molar-refractivity contribution in [2.45, 2.75) is 13.1 Å². The lowest BCUT2D eigenvalue weighted by Gasteiger charge is -2.09. The van der Waals surface area contributed by atoms with Crippen molar-refractivity contribution in [2.24, 2.45) is 0 Å². The Labute approximate surface area is 104 Å². The summed E-state index contributed by atoms with van der Waals surface area (Å²) >= 11 is 5.35. The zero-order valence-corrected chi connectivity index (χ0v) is 9.78. The molecule has 1 amide bonds. The van der Waals surface area contributed by atoms with E-state index in [-0.39, 0.29) is 6.61 Å². The molecule has 0 atom stereocenters. The molecule has 18 heavy (non-hydrogen) atoms. The van der Waals surface area contributed by atoms with Crippen LogP contribution < -0.4 is 11.0 Å². The SMILES string of the molecule is CCONC(=O)c1cc(Cl)c(C(F)(F)F)[nH]c1=O. The van der Waals surface area contributed by atoms with Gasteiger partial charge in [-0.1, -0.05) is 11.6 Å². The first-order chi connectivity index (χ1) is 8.27. The first-order valence-electron chi connectivity index (χ1n) is 4.69. The normalized spacial score (nSPS) is 11.4. The second-order valence-corrected chi connectivity index (χ2v) is 3.50. The zero-order valence-electron chi connectivity index (χ0n) is 9.02. The van der Waals surface area contributed by atoms with Crippen molar-refractivity contribution in [3.05, 3.63) is 32.7 Å². The molecular weight excluding hydrogens is 277 g/mol. The van der Waals surface area contributed by atoms with Crippen LogP contribution in [0.3, 0.4) is 0 Å². The number of hydrogen-bond acceptors (Lipinski definition) is 3. The molecular formula is C9H8ClF3N2O3. The minimum absolute atomic E-state index is 0.137. The summed E-state index contributed by atoms with van der Waals surface area (Å²) in [6, 6.07) is 0.636. The van der Waals surface area contributed by atoms with Gasteiger partial charge >= 0.3 is 6.18 Å². The number of amides is 1. The van der Waals surface area contributed by atoms with Crippen LogP contribution in [0.25, 0.3) is 0 Å². The largest absolute Gasteiger partial charge is 0.432 e. The number of rotatable bonds is 3. The summed E-state index contributed by atoms with van der Waals surface area (Å²) in [7, 11) is 0. The lowest BCUT2D eigenvalue weighted by molar-refractivity contribution is -0.141. The van der Waals surface area contributed by atoms with Crippen LogP contribution in [0.5, 0.6) is 0 Å². The highest BCUT2D eigenvalue weighted by Crippen LogP contribution is 2.32. The molecule has 0 spiro atoms. The van der Waals surface area contributed by atoms with E-state index in [0.717, 1.165) is 0 Å². The summed E-state index contributed by atoms with van der Waals surface area (Å²) in [6.45, 7) is 1.71. The van der Waals surface area contributed by atoms with E-state index in [1.807, 2.05) is 5.48 Å². The molecule has 0 fully saturated rings. The molecule has 1 aromatic rings. The Hall–Kier alpha value is -1.54. The van der Waals surface area contributed by atoms with Crippen molar-refractivity contribution in [1.82, 2.24) is 10.5 Å². The van der Waals surface area contributed by atoms with Gasteiger partial charge in [0.2, 0.25) is 0 Å². The summed E-state index contributed by atoms with van der Waals surface area (Å²) in [4.78, 5) is 28.7. The van der Waals surface area contributed by atoms with Crippen LogP contribution in [0.4, 0.5) is 13.2 Å². The molecule has 100 valence electrons. The van der Waals surface area contributed by atoms with Gasteiger partial charge in [0, 0.05) is 0 Å². The van der Waals surface area contributed by atoms with Gasteiger partial charge in [0.05, 0.1) is 11.6 Å². The van der Waals surface area contributed by atoms with Gasteiger partial charge in [0.15, 0.2) is 0 Å². The Morgan fingerprint density at radius 3 is 2.67 bits per heavy atom. The third kappa shape index (κ3) is 3.23. The van der Waals surface area contributed by atoms with E-state index in [1.54, 1.807) is 6.92 Å². The Balaban J connectivity index is 3.16. The van der Waals surface area contributed by atoms with Gasteiger partial charge in [0.25, 0.3) is 11.5 Å². The highest BCUT2D eigenvalue weighted by Gasteiger charge is 2.35. The Kier molecular flexibility index (Phi) is 4.36. The molecule has 0 bridgehead atoms. The number of nitrogens with one attached hydrogen (secondary N) is 2. The summed E-state index contributed by atoms with van der Waals surface area (Å²) in [6.07, 6.45) is -4.80. The fourth-order valence-electron chi connectivity index (χ4n) is 1.07. The highest BCUT2D eigenvalue weighted by atomic mass is 35.5. The number of H-pyrrole nitrogens is 1. The molecule has 0 aromatic carbocycles. The van der Waals surface area contributed by atoms with Gasteiger partial charge in [-0.3, -0.25) is 14.4 Å². The van der Waals surface area contributed by atoms with E-state index in [0.29, 0.717) is 6.07 Å². The molecule has 2 N–H and O–H groups in total. The van der Waals surface area contributed by atoms with Gasteiger partial charge in [-0.2, -0.15) is 13.2 Å². The van der Waals surface area contributed by atoms with Crippen molar-refractivity contribution in [1.29, 1.82) is 0 Å². The van der Waals surface area contributed by atoms with Crippen LogP contribution in [0.15, 0.2) is 10.9 Å². The zero-order chi connectivity index (χ0) is 13.9. The van der Waals surface area contributed by atoms with Crippen LogP contribution in [0.2, 0.25) is 5.02 Å². The number of hydroxylamine groups is 1. The van der Waals surface area contributed by atoms with Crippen LogP contribution in [-0.2, 0) is 11.0 Å². The van der Waals surface area contributed by atoms with Crippen molar-refractivity contribution in [2.75, 3.05) is 6.61 Å². The summed E-state index contributed by atoms with van der Waals surface area (Å²) in [5.41, 5.74) is -1.30. The monoisotopic (exact) mass is 284 g/mol. The maximum atomic E-state index is 12.4. The molecule has 0 radical (unpaired) electrons. The molecule has 0 saturated carbocycles. The summed E-state index contributed by atoms with van der Waals surface area (Å²) in [5.74, 6) is -0.978. The number of pyridine rings is 1. The molecule has 5 nitrogen and oxygen atoms in total. The maximum absolute atomic E-state index is 12.4. The average Bonchev–Trinajstić information content (AvgIpc) is 2.27. The lowest BCUT2D eigenvalue weighted by atomic mass is 10.2. The molecule has 0 unspecified atom stereocenters. The van der Waals surface area contributed by atoms with Crippen LogP contribution in [0, 0.1) is 0 Å². The Morgan fingerprint density at radius 2 is 2.17 bits per heavy atom. The molecule has 0 aliphatic heterocycles. The number of carbonyl (C=O) groups is 1. The third-order valence-corrected chi connectivity index (χ3v) is 2.13. The van der Waals surface area contributed by atoms with Crippen LogP contribution >= 0.6 is 11.6 Å². The third-order valence-electron chi connectivity index (χ3n) is 1.83. The molecule has 1 rings (SSSR count). The number of carbonyl (C=O) groups excluding carboxylic acids is 1. The quantitative estimate of drug-likeness (QED) is 0.830. The average molecular weight is 285 g/mol. The maximum Gasteiger partial charge on any atom is 0.432 e. The standard InChI is InChI=1S/C9H8ClF3N2O3/c1-2-18-15-8(17)4-3-5(10)6(9(11,12)13)14-7(4)16/h3H,2H2,1H3,(H,14,16)(H,15,17). The summed E-state index contributed by atoms with van der Waals surface area (Å²) in [5, 5.41) is -0.774. The molecule has 1 heterocycles.